The van der Waals surface area contributed by atoms with Crippen LogP contribution in [-0.2, 0) is 9.53 Å². The van der Waals surface area contributed by atoms with Gasteiger partial charge in [0.05, 0.1) is 12.2 Å². The van der Waals surface area contributed by atoms with Gasteiger partial charge in [0, 0.05) is 10.8 Å². The summed E-state index contributed by atoms with van der Waals surface area (Å²) >= 11 is 1.44. The Morgan fingerprint density at radius 2 is 2.19 bits per heavy atom. The Morgan fingerprint density at radius 1 is 1.38 bits per heavy atom. The molecule has 1 amide bonds. The first-order chi connectivity index (χ1) is 10.1. The molecule has 4 nitrogen and oxygen atoms in total. The van der Waals surface area contributed by atoms with Crippen molar-refractivity contribution in [2.75, 3.05) is 11.9 Å². The van der Waals surface area contributed by atoms with Gasteiger partial charge < -0.3 is 10.1 Å². The Balaban J connectivity index is 1.72. The quantitative estimate of drug-likeness (QED) is 0.865. The van der Waals surface area contributed by atoms with Gasteiger partial charge in [0.25, 0.3) is 0 Å². The predicted octanol–water partition coefficient (Wildman–Crippen LogP) is 3.61. The molecule has 1 aromatic rings. The number of rotatable bonds is 4. The molecule has 0 aromatic carbocycles. The van der Waals surface area contributed by atoms with Crippen LogP contribution in [0, 0.1) is 24.7 Å². The zero-order chi connectivity index (χ0) is 15.0. The maximum atomic E-state index is 12.5. The van der Waals surface area contributed by atoms with E-state index in [2.05, 4.69) is 5.32 Å². The van der Waals surface area contributed by atoms with Crippen molar-refractivity contribution < 1.29 is 14.3 Å². The van der Waals surface area contributed by atoms with Crippen LogP contribution in [0.25, 0.3) is 0 Å². The number of nitrogens with one attached hydrogen (secondary N) is 1. The number of esters is 1. The zero-order valence-corrected chi connectivity index (χ0v) is 13.3. The summed E-state index contributed by atoms with van der Waals surface area (Å²) in [6.07, 6.45) is 4.67. The molecule has 3 atom stereocenters. The summed E-state index contributed by atoms with van der Waals surface area (Å²) in [4.78, 5) is 25.4. The number of ether oxygens (including phenoxy) is 1. The van der Waals surface area contributed by atoms with E-state index in [1.807, 2.05) is 6.92 Å². The van der Waals surface area contributed by atoms with E-state index in [0.717, 1.165) is 17.2 Å². The summed E-state index contributed by atoms with van der Waals surface area (Å²) in [6.45, 7) is 4.05. The Bertz CT molecular complexity index is 566. The van der Waals surface area contributed by atoms with Crippen LogP contribution in [0.5, 0.6) is 0 Å². The van der Waals surface area contributed by atoms with E-state index in [0.29, 0.717) is 23.1 Å². The molecule has 1 aromatic heterocycles. The first kappa shape index (κ1) is 14.6. The van der Waals surface area contributed by atoms with Gasteiger partial charge in [0.1, 0.15) is 5.00 Å². The summed E-state index contributed by atoms with van der Waals surface area (Å²) in [7, 11) is 0. The highest BCUT2D eigenvalue weighted by molar-refractivity contribution is 7.16. The van der Waals surface area contributed by atoms with Gasteiger partial charge in [-0.3, -0.25) is 4.79 Å². The van der Waals surface area contributed by atoms with Gasteiger partial charge in [-0.15, -0.1) is 11.3 Å². The van der Waals surface area contributed by atoms with E-state index in [9.17, 15) is 9.59 Å². The molecule has 2 bridgehead atoms. The van der Waals surface area contributed by atoms with E-state index in [1.165, 1.54) is 30.6 Å². The maximum Gasteiger partial charge on any atom is 0.341 e. The molecule has 21 heavy (non-hydrogen) atoms. The van der Waals surface area contributed by atoms with Crippen molar-refractivity contribution in [1.82, 2.24) is 0 Å². The molecule has 0 saturated heterocycles. The maximum absolute atomic E-state index is 12.5. The molecule has 3 rings (SSSR count). The number of aryl methyl sites for hydroxylation is 1. The SMILES string of the molecule is CCOC(=O)c1cc(C)sc1NC(=O)C1CC2CCC1C2. The van der Waals surface area contributed by atoms with Crippen molar-refractivity contribution in [3.8, 4) is 0 Å². The molecule has 0 aliphatic heterocycles. The molecule has 0 radical (unpaired) electrons. The zero-order valence-electron chi connectivity index (χ0n) is 12.5. The van der Waals surface area contributed by atoms with Crippen LogP contribution in [0.3, 0.4) is 0 Å². The molecule has 0 spiro atoms. The number of thiophene rings is 1. The number of hydrogen-bond acceptors (Lipinski definition) is 4. The molecule has 1 N–H and O–H groups in total. The van der Waals surface area contributed by atoms with Crippen LogP contribution in [0.1, 0.15) is 47.8 Å². The number of hydrogen-bond donors (Lipinski definition) is 1. The van der Waals surface area contributed by atoms with Gasteiger partial charge >= 0.3 is 5.97 Å². The molecular weight excluding hydrogens is 286 g/mol. The number of amides is 1. The molecule has 3 unspecified atom stereocenters. The Kier molecular flexibility index (Phi) is 4.02. The molecule has 1 heterocycles. The van der Waals surface area contributed by atoms with Crippen LogP contribution in [0.4, 0.5) is 5.00 Å². The smallest absolute Gasteiger partial charge is 0.341 e. The summed E-state index contributed by atoms with van der Waals surface area (Å²) in [5, 5.41) is 3.61. The van der Waals surface area contributed by atoms with Crippen LogP contribution in [0.15, 0.2) is 6.07 Å². The van der Waals surface area contributed by atoms with Crippen LogP contribution in [-0.4, -0.2) is 18.5 Å². The van der Waals surface area contributed by atoms with Crippen molar-refractivity contribution in [3.63, 3.8) is 0 Å². The topological polar surface area (TPSA) is 55.4 Å². The highest BCUT2D eigenvalue weighted by Gasteiger charge is 2.43. The Morgan fingerprint density at radius 3 is 2.81 bits per heavy atom. The summed E-state index contributed by atoms with van der Waals surface area (Å²) in [5.74, 6) is 1.13. The second kappa shape index (κ2) is 5.79. The average molecular weight is 307 g/mol. The lowest BCUT2D eigenvalue weighted by Crippen LogP contribution is -2.27. The number of anilines is 1. The first-order valence-electron chi connectivity index (χ1n) is 7.67. The first-order valence-corrected chi connectivity index (χ1v) is 8.48. The highest BCUT2D eigenvalue weighted by Crippen LogP contribution is 2.48. The molecule has 2 fully saturated rings. The minimum absolute atomic E-state index is 0.0783. The van der Waals surface area contributed by atoms with Crippen molar-refractivity contribution in [3.05, 3.63) is 16.5 Å². The fourth-order valence-corrected chi connectivity index (χ4v) is 4.64. The predicted molar refractivity (Wildman–Crippen MR) is 82.6 cm³/mol. The Labute approximate surface area is 128 Å². The van der Waals surface area contributed by atoms with E-state index >= 15 is 0 Å². The third-order valence-corrected chi connectivity index (χ3v) is 5.63. The number of carbonyl (C=O) groups is 2. The van der Waals surface area contributed by atoms with Crippen molar-refractivity contribution in [1.29, 1.82) is 0 Å². The third-order valence-electron chi connectivity index (χ3n) is 4.66. The molecule has 114 valence electrons. The van der Waals surface area contributed by atoms with Gasteiger partial charge in [-0.25, -0.2) is 4.79 Å². The normalized spacial score (nSPS) is 26.9. The lowest BCUT2D eigenvalue weighted by Gasteiger charge is -2.20. The van der Waals surface area contributed by atoms with E-state index < -0.39 is 0 Å². The van der Waals surface area contributed by atoms with Gasteiger partial charge in [0.2, 0.25) is 5.91 Å². The minimum atomic E-state index is -0.356. The fourth-order valence-electron chi connectivity index (χ4n) is 3.74. The summed E-state index contributed by atoms with van der Waals surface area (Å²) in [5.41, 5.74) is 0.482. The third kappa shape index (κ3) is 2.84. The van der Waals surface area contributed by atoms with Crippen LogP contribution >= 0.6 is 11.3 Å². The van der Waals surface area contributed by atoms with Crippen LogP contribution < -0.4 is 5.32 Å². The van der Waals surface area contributed by atoms with Crippen molar-refractivity contribution >= 4 is 28.2 Å². The van der Waals surface area contributed by atoms with Crippen LogP contribution in [0.2, 0.25) is 0 Å². The molecule has 2 aliphatic carbocycles. The van der Waals surface area contributed by atoms with Gasteiger partial charge in [0.15, 0.2) is 0 Å². The summed E-state index contributed by atoms with van der Waals surface area (Å²) < 4.78 is 5.05. The lowest BCUT2D eigenvalue weighted by molar-refractivity contribution is -0.121. The summed E-state index contributed by atoms with van der Waals surface area (Å²) in [6, 6.07) is 1.79. The number of carbonyl (C=O) groups excluding carboxylic acids is 2. The standard InChI is InChI=1S/C16H21NO3S/c1-3-20-16(19)13-6-9(2)21-15(13)17-14(18)12-8-10-4-5-11(12)7-10/h6,10-12H,3-5,7-8H2,1-2H3,(H,17,18). The highest BCUT2D eigenvalue weighted by atomic mass is 32.1. The largest absolute Gasteiger partial charge is 0.462 e. The van der Waals surface area contributed by atoms with E-state index in [1.54, 1.807) is 13.0 Å². The molecule has 2 saturated carbocycles. The second-order valence-corrected chi connectivity index (χ2v) is 7.35. The Hall–Kier alpha value is -1.36. The average Bonchev–Trinajstić information content (AvgIpc) is 3.14. The minimum Gasteiger partial charge on any atom is -0.462 e. The lowest BCUT2D eigenvalue weighted by atomic mass is 9.88. The van der Waals surface area contributed by atoms with E-state index in [4.69, 9.17) is 4.74 Å². The van der Waals surface area contributed by atoms with E-state index in [-0.39, 0.29) is 17.8 Å². The van der Waals surface area contributed by atoms with Gasteiger partial charge in [-0.05, 0) is 51.0 Å². The second-order valence-electron chi connectivity index (χ2n) is 6.09. The monoisotopic (exact) mass is 307 g/mol. The molecule has 2 aliphatic rings. The van der Waals surface area contributed by atoms with Crippen molar-refractivity contribution in [2.24, 2.45) is 17.8 Å². The molecule has 5 heteroatoms. The fraction of sp³-hybridized carbons (Fsp3) is 0.625. The van der Waals surface area contributed by atoms with Gasteiger partial charge in [-0.2, -0.15) is 0 Å². The number of fused-ring (bicyclic) bond motifs is 2. The van der Waals surface area contributed by atoms with Crippen molar-refractivity contribution in [2.45, 2.75) is 39.5 Å². The molecular formula is C16H21NO3S. The van der Waals surface area contributed by atoms with Gasteiger partial charge in [-0.1, -0.05) is 6.42 Å².